The summed E-state index contributed by atoms with van der Waals surface area (Å²) in [4.78, 5) is 7.02. The van der Waals surface area contributed by atoms with E-state index in [0.29, 0.717) is 6.54 Å². The number of pyridine rings is 1. The molecule has 1 aliphatic heterocycles. The molecule has 3 rings (SSSR count). The van der Waals surface area contributed by atoms with Gasteiger partial charge in [0.1, 0.15) is 5.65 Å². The molecule has 0 radical (unpaired) electrons. The van der Waals surface area contributed by atoms with Crippen LogP contribution in [0.25, 0.3) is 5.65 Å². The normalized spacial score (nSPS) is 16.4. The first-order valence-corrected chi connectivity index (χ1v) is 6.79. The molecular weight excluding hydrogens is 224 g/mol. The van der Waals surface area contributed by atoms with Crippen LogP contribution in [0.3, 0.4) is 0 Å². The first-order valence-electron chi connectivity index (χ1n) is 6.79. The molecule has 0 saturated carbocycles. The highest BCUT2D eigenvalue weighted by molar-refractivity contribution is 5.52. The molecule has 2 aromatic rings. The fourth-order valence-corrected chi connectivity index (χ4v) is 2.64. The van der Waals surface area contributed by atoms with Crippen molar-refractivity contribution in [3.05, 3.63) is 30.2 Å². The minimum Gasteiger partial charge on any atom is -0.370 e. The number of hydrogen-bond acceptors (Lipinski definition) is 3. The number of anilines is 1. The van der Waals surface area contributed by atoms with Gasteiger partial charge in [0.15, 0.2) is 0 Å². The molecule has 0 unspecified atom stereocenters. The zero-order chi connectivity index (χ0) is 12.4. The second-order valence-corrected chi connectivity index (χ2v) is 4.97. The third-order valence-electron chi connectivity index (χ3n) is 3.61. The summed E-state index contributed by atoms with van der Waals surface area (Å²) in [6.45, 7) is 3.01. The number of rotatable bonds is 3. The zero-order valence-electron chi connectivity index (χ0n) is 10.7. The number of hydrogen-bond donors (Lipinski definition) is 1. The van der Waals surface area contributed by atoms with Crippen molar-refractivity contribution in [2.45, 2.75) is 25.7 Å². The van der Waals surface area contributed by atoms with Gasteiger partial charge >= 0.3 is 0 Å². The van der Waals surface area contributed by atoms with Crippen molar-refractivity contribution in [1.29, 1.82) is 0 Å². The van der Waals surface area contributed by atoms with E-state index in [9.17, 15) is 0 Å². The maximum Gasteiger partial charge on any atom is 0.137 e. The quantitative estimate of drug-likeness (QED) is 0.896. The van der Waals surface area contributed by atoms with Crippen LogP contribution in [-0.4, -0.2) is 29.0 Å². The van der Waals surface area contributed by atoms with Gasteiger partial charge in [0.05, 0.1) is 11.4 Å². The van der Waals surface area contributed by atoms with Gasteiger partial charge in [-0.1, -0.05) is 0 Å². The molecule has 1 aliphatic rings. The predicted molar refractivity (Wildman–Crippen MR) is 74.0 cm³/mol. The minimum atomic E-state index is 0.656. The molecule has 0 atom stereocenters. The summed E-state index contributed by atoms with van der Waals surface area (Å²) in [6, 6.07) is 4.28. The standard InChI is InChI=1S/C14H20N4/c15-7-6-12-10-18-11-13(4-5-14(18)16-12)17-8-2-1-3-9-17/h4-5,10-11H,1-3,6-9,15H2. The SMILES string of the molecule is NCCc1cn2cc(N3CCCCC3)ccc2n1. The van der Waals surface area contributed by atoms with E-state index in [1.165, 1.54) is 38.0 Å². The van der Waals surface area contributed by atoms with Gasteiger partial charge < -0.3 is 15.0 Å². The van der Waals surface area contributed by atoms with Gasteiger partial charge in [0.25, 0.3) is 0 Å². The van der Waals surface area contributed by atoms with Gasteiger partial charge in [0.2, 0.25) is 0 Å². The summed E-state index contributed by atoms with van der Waals surface area (Å²) >= 11 is 0. The number of aromatic nitrogens is 2. The lowest BCUT2D eigenvalue weighted by Gasteiger charge is -2.28. The molecule has 2 N–H and O–H groups in total. The Balaban J connectivity index is 1.89. The Bertz CT molecular complexity index is 526. The zero-order valence-corrected chi connectivity index (χ0v) is 10.7. The molecule has 2 aromatic heterocycles. The molecule has 0 spiro atoms. The van der Waals surface area contributed by atoms with Crippen LogP contribution in [0.2, 0.25) is 0 Å². The molecule has 1 saturated heterocycles. The first kappa shape index (κ1) is 11.5. The highest BCUT2D eigenvalue weighted by Gasteiger charge is 2.11. The fourth-order valence-electron chi connectivity index (χ4n) is 2.64. The lowest BCUT2D eigenvalue weighted by atomic mass is 10.1. The first-order chi connectivity index (χ1) is 8.86. The lowest BCUT2D eigenvalue weighted by molar-refractivity contribution is 0.577. The number of imidazole rings is 1. The van der Waals surface area contributed by atoms with E-state index in [4.69, 9.17) is 5.73 Å². The molecule has 1 fully saturated rings. The van der Waals surface area contributed by atoms with Crippen molar-refractivity contribution in [3.63, 3.8) is 0 Å². The molecule has 0 bridgehead atoms. The van der Waals surface area contributed by atoms with Gasteiger partial charge in [-0.15, -0.1) is 0 Å². The Morgan fingerprint density at radius 1 is 1.11 bits per heavy atom. The molecule has 4 nitrogen and oxygen atoms in total. The average Bonchev–Trinajstić information content (AvgIpc) is 2.81. The Labute approximate surface area is 107 Å². The summed E-state index contributed by atoms with van der Waals surface area (Å²) in [5.41, 5.74) is 8.97. The largest absolute Gasteiger partial charge is 0.370 e. The highest BCUT2D eigenvalue weighted by Crippen LogP contribution is 2.20. The maximum absolute atomic E-state index is 5.57. The Hall–Kier alpha value is -1.55. The van der Waals surface area contributed by atoms with Crippen LogP contribution in [0, 0.1) is 0 Å². The van der Waals surface area contributed by atoms with E-state index in [0.717, 1.165) is 17.8 Å². The minimum absolute atomic E-state index is 0.656. The predicted octanol–water partition coefficient (Wildman–Crippen LogP) is 1.83. The Morgan fingerprint density at radius 2 is 1.94 bits per heavy atom. The number of piperidine rings is 1. The second-order valence-electron chi connectivity index (χ2n) is 4.97. The van der Waals surface area contributed by atoms with Gasteiger partial charge in [-0.25, -0.2) is 4.98 Å². The number of fused-ring (bicyclic) bond motifs is 1. The molecule has 4 heteroatoms. The van der Waals surface area contributed by atoms with Gasteiger partial charge in [-0.3, -0.25) is 0 Å². The van der Waals surface area contributed by atoms with Crippen molar-refractivity contribution in [1.82, 2.24) is 9.38 Å². The Kier molecular flexibility index (Phi) is 3.19. The topological polar surface area (TPSA) is 46.6 Å². The van der Waals surface area contributed by atoms with E-state index in [1.54, 1.807) is 0 Å². The summed E-state index contributed by atoms with van der Waals surface area (Å²) in [6.07, 6.45) is 9.11. The van der Waals surface area contributed by atoms with Crippen molar-refractivity contribution in [2.24, 2.45) is 5.73 Å². The molecule has 96 valence electrons. The lowest BCUT2D eigenvalue weighted by Crippen LogP contribution is -2.29. The summed E-state index contributed by atoms with van der Waals surface area (Å²) in [5, 5.41) is 0. The maximum atomic E-state index is 5.57. The van der Waals surface area contributed by atoms with E-state index >= 15 is 0 Å². The Morgan fingerprint density at radius 3 is 2.72 bits per heavy atom. The third-order valence-corrected chi connectivity index (χ3v) is 3.61. The third kappa shape index (κ3) is 2.20. The van der Waals surface area contributed by atoms with Crippen LogP contribution < -0.4 is 10.6 Å². The van der Waals surface area contributed by atoms with Crippen molar-refractivity contribution in [2.75, 3.05) is 24.5 Å². The molecule has 0 aromatic carbocycles. The molecule has 0 amide bonds. The molecule has 3 heterocycles. The van der Waals surface area contributed by atoms with Crippen molar-refractivity contribution < 1.29 is 0 Å². The van der Waals surface area contributed by atoms with Crippen LogP contribution in [-0.2, 0) is 6.42 Å². The molecular formula is C14H20N4. The van der Waals surface area contributed by atoms with E-state index in [1.807, 2.05) is 0 Å². The van der Waals surface area contributed by atoms with Crippen molar-refractivity contribution >= 4 is 11.3 Å². The van der Waals surface area contributed by atoms with E-state index in [2.05, 4.69) is 38.8 Å². The highest BCUT2D eigenvalue weighted by atomic mass is 15.1. The molecule has 0 aliphatic carbocycles. The average molecular weight is 244 g/mol. The van der Waals surface area contributed by atoms with Crippen LogP contribution in [0.5, 0.6) is 0 Å². The van der Waals surface area contributed by atoms with Crippen LogP contribution in [0.1, 0.15) is 25.0 Å². The van der Waals surface area contributed by atoms with Gasteiger partial charge in [0, 0.05) is 31.9 Å². The van der Waals surface area contributed by atoms with Crippen molar-refractivity contribution in [3.8, 4) is 0 Å². The second kappa shape index (κ2) is 4.98. The summed E-state index contributed by atoms with van der Waals surface area (Å²) in [5.74, 6) is 0. The van der Waals surface area contributed by atoms with Crippen LogP contribution >= 0.6 is 0 Å². The number of nitrogens with zero attached hydrogens (tertiary/aromatic N) is 3. The smallest absolute Gasteiger partial charge is 0.137 e. The molecule has 18 heavy (non-hydrogen) atoms. The van der Waals surface area contributed by atoms with Gasteiger partial charge in [-0.2, -0.15) is 0 Å². The van der Waals surface area contributed by atoms with E-state index < -0.39 is 0 Å². The fraction of sp³-hybridized carbons (Fsp3) is 0.500. The number of nitrogens with two attached hydrogens (primary N) is 1. The summed E-state index contributed by atoms with van der Waals surface area (Å²) < 4.78 is 2.12. The van der Waals surface area contributed by atoms with Crippen LogP contribution in [0.15, 0.2) is 24.5 Å². The monoisotopic (exact) mass is 244 g/mol. The van der Waals surface area contributed by atoms with Crippen LogP contribution in [0.4, 0.5) is 5.69 Å². The van der Waals surface area contributed by atoms with Gasteiger partial charge in [-0.05, 0) is 37.9 Å². The van der Waals surface area contributed by atoms with E-state index in [-0.39, 0.29) is 0 Å². The summed E-state index contributed by atoms with van der Waals surface area (Å²) in [7, 11) is 0.